The fourth-order valence-corrected chi connectivity index (χ4v) is 7.08. The van der Waals surface area contributed by atoms with Crippen molar-refractivity contribution < 1.29 is 9.90 Å². The Morgan fingerprint density at radius 2 is 1.56 bits per heavy atom. The molecule has 3 heterocycles. The maximum absolute atomic E-state index is 11.6. The number of carbonyl (C=O) groups is 1. The standard InChI is InChI=1S/C26H35NO2S3/c1-3-5-6-7-8-9-10-11-12-13-20-18-19(4-2)25(32-20)27-22-15-17-31-24(22)23-21(26(28)29)14-16-30-23/h14-18,27H,3-13H2,1-2H3,(H,28,29). The Morgan fingerprint density at radius 1 is 0.906 bits per heavy atom. The summed E-state index contributed by atoms with van der Waals surface area (Å²) in [6.07, 6.45) is 14.4. The monoisotopic (exact) mass is 489 g/mol. The van der Waals surface area contributed by atoms with Crippen LogP contribution in [0.2, 0.25) is 0 Å². The first-order valence-corrected chi connectivity index (χ1v) is 14.5. The number of nitrogens with one attached hydrogen (secondary N) is 1. The summed E-state index contributed by atoms with van der Waals surface area (Å²) >= 11 is 4.94. The van der Waals surface area contributed by atoms with Crippen molar-refractivity contribution in [1.82, 2.24) is 0 Å². The number of carboxylic acid groups (broad SMARTS) is 1. The van der Waals surface area contributed by atoms with Crippen molar-refractivity contribution in [3.8, 4) is 9.75 Å². The molecule has 3 nitrogen and oxygen atoms in total. The zero-order valence-electron chi connectivity index (χ0n) is 19.2. The minimum Gasteiger partial charge on any atom is -0.478 e. The first-order chi connectivity index (χ1) is 15.6. The van der Waals surface area contributed by atoms with Crippen LogP contribution < -0.4 is 5.32 Å². The van der Waals surface area contributed by atoms with Crippen LogP contribution in [-0.4, -0.2) is 11.1 Å². The third-order valence-electron chi connectivity index (χ3n) is 5.78. The van der Waals surface area contributed by atoms with Crippen molar-refractivity contribution >= 4 is 50.7 Å². The lowest BCUT2D eigenvalue weighted by molar-refractivity contribution is 0.0698. The van der Waals surface area contributed by atoms with E-state index in [1.54, 1.807) is 17.4 Å². The number of carboxylic acids is 1. The summed E-state index contributed by atoms with van der Waals surface area (Å²) in [6.45, 7) is 4.47. The number of anilines is 2. The van der Waals surface area contributed by atoms with E-state index in [1.807, 2.05) is 22.1 Å². The van der Waals surface area contributed by atoms with Gasteiger partial charge in [-0.15, -0.1) is 34.0 Å². The van der Waals surface area contributed by atoms with Crippen molar-refractivity contribution in [1.29, 1.82) is 0 Å². The van der Waals surface area contributed by atoms with Crippen LogP contribution in [0, 0.1) is 0 Å². The Hall–Kier alpha value is -1.63. The lowest BCUT2D eigenvalue weighted by Gasteiger charge is -2.07. The summed E-state index contributed by atoms with van der Waals surface area (Å²) in [5, 5.41) is 18.2. The van der Waals surface area contributed by atoms with Gasteiger partial charge >= 0.3 is 5.97 Å². The van der Waals surface area contributed by atoms with Crippen molar-refractivity contribution in [3.63, 3.8) is 0 Å². The molecule has 0 bridgehead atoms. The van der Waals surface area contributed by atoms with Gasteiger partial charge in [-0.1, -0.05) is 65.2 Å². The number of hydrogen-bond acceptors (Lipinski definition) is 5. The number of hydrogen-bond donors (Lipinski definition) is 2. The Kier molecular flexibility index (Phi) is 10.3. The SMILES string of the molecule is CCCCCCCCCCCc1cc(CC)c(Nc2ccsc2-c2sccc2C(=O)O)s1. The van der Waals surface area contributed by atoms with E-state index < -0.39 is 5.97 Å². The van der Waals surface area contributed by atoms with Crippen LogP contribution in [0.25, 0.3) is 9.75 Å². The fraction of sp³-hybridized carbons (Fsp3) is 0.500. The van der Waals surface area contributed by atoms with E-state index in [4.69, 9.17) is 0 Å². The molecule has 0 atom stereocenters. The molecule has 0 fully saturated rings. The molecule has 0 aliphatic heterocycles. The van der Waals surface area contributed by atoms with Gasteiger partial charge in [0, 0.05) is 4.88 Å². The fourth-order valence-electron chi connectivity index (χ4n) is 3.95. The minimum absolute atomic E-state index is 0.383. The minimum atomic E-state index is -0.866. The van der Waals surface area contributed by atoms with E-state index in [2.05, 4.69) is 31.3 Å². The first kappa shape index (κ1) is 25.0. The smallest absolute Gasteiger partial charge is 0.337 e. The Labute approximate surface area is 204 Å². The predicted octanol–water partition coefficient (Wildman–Crippen LogP) is 9.62. The maximum atomic E-state index is 11.6. The van der Waals surface area contributed by atoms with Crippen LogP contribution in [0.5, 0.6) is 0 Å². The van der Waals surface area contributed by atoms with E-state index in [-0.39, 0.29) is 0 Å². The predicted molar refractivity (Wildman–Crippen MR) is 143 cm³/mol. The van der Waals surface area contributed by atoms with Crippen LogP contribution in [0.1, 0.15) is 92.4 Å². The van der Waals surface area contributed by atoms with Gasteiger partial charge in [0.05, 0.1) is 26.0 Å². The van der Waals surface area contributed by atoms with Gasteiger partial charge in [-0.3, -0.25) is 0 Å². The normalized spacial score (nSPS) is 11.2. The summed E-state index contributed by atoms with van der Waals surface area (Å²) in [6, 6.07) is 6.11. The van der Waals surface area contributed by atoms with Crippen molar-refractivity contribution in [2.24, 2.45) is 0 Å². The summed E-state index contributed by atoms with van der Waals surface area (Å²) in [4.78, 5) is 14.9. The third kappa shape index (κ3) is 6.93. The Balaban J connectivity index is 1.55. The summed E-state index contributed by atoms with van der Waals surface area (Å²) in [7, 11) is 0. The van der Waals surface area contributed by atoms with Gasteiger partial charge < -0.3 is 10.4 Å². The molecule has 0 radical (unpaired) electrons. The molecule has 0 aliphatic rings. The number of rotatable bonds is 15. The molecule has 32 heavy (non-hydrogen) atoms. The molecule has 3 aromatic heterocycles. The van der Waals surface area contributed by atoms with Crippen LogP contribution in [0.3, 0.4) is 0 Å². The van der Waals surface area contributed by atoms with Crippen LogP contribution in [-0.2, 0) is 12.8 Å². The molecular weight excluding hydrogens is 454 g/mol. The van der Waals surface area contributed by atoms with Gasteiger partial charge in [0.2, 0.25) is 0 Å². The first-order valence-electron chi connectivity index (χ1n) is 11.9. The van der Waals surface area contributed by atoms with Gasteiger partial charge in [-0.25, -0.2) is 4.79 Å². The van der Waals surface area contributed by atoms with Crippen molar-refractivity contribution in [2.75, 3.05) is 5.32 Å². The second kappa shape index (κ2) is 13.2. The molecule has 0 aliphatic carbocycles. The molecule has 3 aromatic rings. The second-order valence-electron chi connectivity index (χ2n) is 8.26. The molecule has 0 unspecified atom stereocenters. The van der Waals surface area contributed by atoms with Gasteiger partial charge in [0.15, 0.2) is 0 Å². The largest absolute Gasteiger partial charge is 0.478 e. The topological polar surface area (TPSA) is 49.3 Å². The molecule has 0 amide bonds. The highest BCUT2D eigenvalue weighted by Crippen LogP contribution is 2.42. The molecule has 174 valence electrons. The van der Waals surface area contributed by atoms with Gasteiger partial charge in [-0.05, 0) is 53.8 Å². The molecule has 0 spiro atoms. The van der Waals surface area contributed by atoms with Gasteiger partial charge in [-0.2, -0.15) is 0 Å². The van der Waals surface area contributed by atoms with Crippen LogP contribution >= 0.6 is 34.0 Å². The Morgan fingerprint density at radius 3 is 2.25 bits per heavy atom. The highest BCUT2D eigenvalue weighted by Gasteiger charge is 2.18. The molecule has 0 saturated heterocycles. The molecule has 2 N–H and O–H groups in total. The van der Waals surface area contributed by atoms with E-state index >= 15 is 0 Å². The molecule has 6 heteroatoms. The molecule has 0 saturated carbocycles. The summed E-state index contributed by atoms with van der Waals surface area (Å²) in [5.74, 6) is -0.866. The van der Waals surface area contributed by atoms with Gasteiger partial charge in [0.25, 0.3) is 0 Å². The average Bonchev–Trinajstić information content (AvgIpc) is 3.52. The molecular formula is C26H35NO2S3. The number of unbranched alkanes of at least 4 members (excludes halogenated alkanes) is 8. The lowest BCUT2D eigenvalue weighted by atomic mass is 10.1. The Bertz CT molecular complexity index is 970. The summed E-state index contributed by atoms with van der Waals surface area (Å²) < 4.78 is 0. The zero-order chi connectivity index (χ0) is 22.8. The number of aromatic carboxylic acids is 1. The van der Waals surface area contributed by atoms with Crippen LogP contribution in [0.4, 0.5) is 10.7 Å². The van der Waals surface area contributed by atoms with E-state index in [9.17, 15) is 9.90 Å². The third-order valence-corrected chi connectivity index (χ3v) is 8.93. The lowest BCUT2D eigenvalue weighted by Crippen LogP contribution is -1.96. The number of thiophene rings is 3. The quantitative estimate of drug-likeness (QED) is 0.209. The zero-order valence-corrected chi connectivity index (χ0v) is 21.7. The highest BCUT2D eigenvalue weighted by molar-refractivity contribution is 7.21. The number of aryl methyl sites for hydroxylation is 2. The van der Waals surface area contributed by atoms with E-state index in [0.29, 0.717) is 5.56 Å². The maximum Gasteiger partial charge on any atom is 0.337 e. The molecule has 3 rings (SSSR count). The van der Waals surface area contributed by atoms with E-state index in [0.717, 1.165) is 28.3 Å². The highest BCUT2D eigenvalue weighted by atomic mass is 32.1. The molecule has 0 aromatic carbocycles. The summed E-state index contributed by atoms with van der Waals surface area (Å²) in [5.41, 5.74) is 2.74. The second-order valence-corrected chi connectivity index (χ2v) is 11.2. The van der Waals surface area contributed by atoms with Gasteiger partial charge in [0.1, 0.15) is 0 Å². The van der Waals surface area contributed by atoms with Crippen molar-refractivity contribution in [3.05, 3.63) is 45.0 Å². The van der Waals surface area contributed by atoms with Crippen molar-refractivity contribution in [2.45, 2.75) is 84.5 Å². The van der Waals surface area contributed by atoms with Crippen LogP contribution in [0.15, 0.2) is 29.0 Å². The van der Waals surface area contributed by atoms with E-state index in [1.165, 1.54) is 84.6 Å². The average molecular weight is 490 g/mol.